The Kier molecular flexibility index (Phi) is 5.58. The lowest BCUT2D eigenvalue weighted by Crippen LogP contribution is -1.96. The summed E-state index contributed by atoms with van der Waals surface area (Å²) in [4.78, 5) is 18.4. The quantitative estimate of drug-likeness (QED) is 0.473. The standard InChI is InChI=1S/C22H18N2O4S/c25-21-19(29-22(26)24-21)12-16-6-9-18(10-7-16)27-13-17-14-28-20(23-17)11-8-15-4-2-1-3-5-15/h1-11,14,25H,12-13H2,(H,24,26). The van der Waals surface area contributed by atoms with E-state index in [1.54, 1.807) is 6.26 Å². The molecule has 2 N–H and O–H groups in total. The van der Waals surface area contributed by atoms with E-state index in [0.717, 1.165) is 22.5 Å². The van der Waals surface area contributed by atoms with Gasteiger partial charge in [-0.05, 0) is 29.3 Å². The largest absolute Gasteiger partial charge is 0.494 e. The van der Waals surface area contributed by atoms with Crippen molar-refractivity contribution in [3.05, 3.63) is 98.1 Å². The van der Waals surface area contributed by atoms with E-state index >= 15 is 0 Å². The first kappa shape index (κ1) is 18.8. The predicted molar refractivity (Wildman–Crippen MR) is 112 cm³/mol. The summed E-state index contributed by atoms with van der Waals surface area (Å²) in [5.41, 5.74) is 2.74. The van der Waals surface area contributed by atoms with E-state index in [4.69, 9.17) is 9.15 Å². The minimum atomic E-state index is -0.261. The number of nitrogens with zero attached hydrogens (tertiary/aromatic N) is 1. The van der Waals surface area contributed by atoms with Crippen molar-refractivity contribution in [1.82, 2.24) is 9.97 Å². The van der Waals surface area contributed by atoms with Gasteiger partial charge in [0, 0.05) is 12.5 Å². The van der Waals surface area contributed by atoms with Crippen LogP contribution in [0.2, 0.25) is 0 Å². The van der Waals surface area contributed by atoms with Crippen molar-refractivity contribution in [3.8, 4) is 11.6 Å². The molecule has 0 aliphatic heterocycles. The second-order valence-electron chi connectivity index (χ2n) is 6.32. The molecule has 0 aliphatic carbocycles. The number of hydrogen-bond acceptors (Lipinski definition) is 6. The van der Waals surface area contributed by atoms with Crippen LogP contribution in [0.15, 0.2) is 70.1 Å². The molecule has 6 nitrogen and oxygen atoms in total. The maximum Gasteiger partial charge on any atom is 0.307 e. The molecule has 7 heteroatoms. The molecule has 2 aromatic carbocycles. The summed E-state index contributed by atoms with van der Waals surface area (Å²) < 4.78 is 11.2. The van der Waals surface area contributed by atoms with Gasteiger partial charge >= 0.3 is 4.87 Å². The summed E-state index contributed by atoms with van der Waals surface area (Å²) in [6, 6.07) is 17.4. The summed E-state index contributed by atoms with van der Waals surface area (Å²) in [5.74, 6) is 1.15. The van der Waals surface area contributed by atoms with Crippen molar-refractivity contribution in [2.45, 2.75) is 13.0 Å². The number of aromatic hydroxyl groups is 1. The molecule has 4 rings (SSSR count). The van der Waals surface area contributed by atoms with Crippen LogP contribution in [-0.2, 0) is 13.0 Å². The van der Waals surface area contributed by atoms with Crippen molar-refractivity contribution < 1.29 is 14.3 Å². The van der Waals surface area contributed by atoms with Crippen molar-refractivity contribution in [3.63, 3.8) is 0 Å². The van der Waals surface area contributed by atoms with Crippen LogP contribution in [0.3, 0.4) is 0 Å². The fourth-order valence-electron chi connectivity index (χ4n) is 2.72. The lowest BCUT2D eigenvalue weighted by atomic mass is 10.1. The van der Waals surface area contributed by atoms with Crippen molar-refractivity contribution >= 4 is 23.5 Å². The van der Waals surface area contributed by atoms with E-state index in [-0.39, 0.29) is 10.8 Å². The molecule has 2 heterocycles. The van der Waals surface area contributed by atoms with Gasteiger partial charge in [0.1, 0.15) is 24.3 Å². The fraction of sp³-hybridized carbons (Fsp3) is 0.0909. The number of aromatic nitrogens is 2. The number of oxazole rings is 1. The molecular formula is C22H18N2O4S. The van der Waals surface area contributed by atoms with Gasteiger partial charge < -0.3 is 14.3 Å². The van der Waals surface area contributed by atoms with Crippen LogP contribution in [0.1, 0.15) is 27.6 Å². The molecule has 0 atom stereocenters. The van der Waals surface area contributed by atoms with Crippen LogP contribution in [-0.4, -0.2) is 15.1 Å². The highest BCUT2D eigenvalue weighted by atomic mass is 32.1. The molecule has 0 saturated heterocycles. The average Bonchev–Trinajstić information content (AvgIpc) is 3.32. The molecule has 0 unspecified atom stereocenters. The van der Waals surface area contributed by atoms with Crippen LogP contribution >= 0.6 is 11.3 Å². The summed E-state index contributed by atoms with van der Waals surface area (Å²) in [7, 11) is 0. The molecule has 0 fully saturated rings. The fourth-order valence-corrected chi connectivity index (χ4v) is 3.47. The molecular weight excluding hydrogens is 388 g/mol. The Morgan fingerprint density at radius 2 is 1.90 bits per heavy atom. The zero-order valence-corrected chi connectivity index (χ0v) is 16.2. The second-order valence-corrected chi connectivity index (χ2v) is 7.38. The van der Waals surface area contributed by atoms with Gasteiger partial charge in [-0.3, -0.25) is 9.78 Å². The maximum absolute atomic E-state index is 11.3. The maximum atomic E-state index is 11.3. The van der Waals surface area contributed by atoms with Gasteiger partial charge in [-0.15, -0.1) is 0 Å². The predicted octanol–water partition coefficient (Wildman–Crippen LogP) is 4.47. The van der Waals surface area contributed by atoms with E-state index in [2.05, 4.69) is 9.97 Å². The highest BCUT2D eigenvalue weighted by molar-refractivity contribution is 7.09. The van der Waals surface area contributed by atoms with Gasteiger partial charge in [0.2, 0.25) is 11.8 Å². The van der Waals surface area contributed by atoms with Crippen molar-refractivity contribution in [2.24, 2.45) is 0 Å². The van der Waals surface area contributed by atoms with Gasteiger partial charge in [0.25, 0.3) is 0 Å². The van der Waals surface area contributed by atoms with Gasteiger partial charge in [0.15, 0.2) is 0 Å². The van der Waals surface area contributed by atoms with E-state index in [1.807, 2.05) is 66.7 Å². The zero-order chi connectivity index (χ0) is 20.1. The summed E-state index contributed by atoms with van der Waals surface area (Å²) in [5, 5.41) is 9.67. The van der Waals surface area contributed by atoms with Crippen LogP contribution in [0, 0.1) is 0 Å². The van der Waals surface area contributed by atoms with Crippen LogP contribution in [0.4, 0.5) is 0 Å². The molecule has 0 spiro atoms. The summed E-state index contributed by atoms with van der Waals surface area (Å²) in [6.45, 7) is 0.294. The third kappa shape index (κ3) is 5.03. The topological polar surface area (TPSA) is 88.4 Å². The molecule has 0 saturated carbocycles. The monoisotopic (exact) mass is 406 g/mol. The number of benzene rings is 2. The highest BCUT2D eigenvalue weighted by Crippen LogP contribution is 2.22. The summed E-state index contributed by atoms with van der Waals surface area (Å²) >= 11 is 1.01. The van der Waals surface area contributed by atoms with E-state index in [9.17, 15) is 9.90 Å². The molecule has 2 aromatic heterocycles. The zero-order valence-electron chi connectivity index (χ0n) is 15.4. The SMILES string of the molecule is O=c1[nH]c(O)c(Cc2ccc(OCc3coc(C=Cc4ccccc4)n3)cc2)s1. The van der Waals surface area contributed by atoms with Crippen molar-refractivity contribution in [2.75, 3.05) is 0 Å². The highest BCUT2D eigenvalue weighted by Gasteiger charge is 2.08. The molecule has 4 aromatic rings. The number of H-pyrrole nitrogens is 1. The van der Waals surface area contributed by atoms with Gasteiger partial charge in [0.05, 0.1) is 4.88 Å². The Hall–Kier alpha value is -3.58. The molecule has 0 aliphatic rings. The van der Waals surface area contributed by atoms with Gasteiger partial charge in [-0.25, -0.2) is 4.98 Å². The smallest absolute Gasteiger partial charge is 0.307 e. The first-order valence-electron chi connectivity index (χ1n) is 8.96. The van der Waals surface area contributed by atoms with Crippen molar-refractivity contribution in [1.29, 1.82) is 0 Å². The number of rotatable bonds is 7. The Bertz CT molecular complexity index is 1160. The molecule has 146 valence electrons. The first-order chi connectivity index (χ1) is 14.2. The lowest BCUT2D eigenvalue weighted by Gasteiger charge is -2.05. The molecule has 0 radical (unpaired) electrons. The Morgan fingerprint density at radius 3 is 2.62 bits per heavy atom. The normalized spacial score (nSPS) is 11.2. The average molecular weight is 406 g/mol. The first-order valence-corrected chi connectivity index (χ1v) is 9.77. The molecule has 0 amide bonds. The van der Waals surface area contributed by atoms with Crippen LogP contribution in [0.25, 0.3) is 12.2 Å². The number of nitrogens with one attached hydrogen (secondary N) is 1. The number of ether oxygens (including phenoxy) is 1. The Morgan fingerprint density at radius 1 is 1.10 bits per heavy atom. The third-order valence-corrected chi connectivity index (χ3v) is 5.03. The van der Waals surface area contributed by atoms with E-state index in [0.29, 0.717) is 35.2 Å². The number of thiazole rings is 1. The second kappa shape index (κ2) is 8.62. The molecule has 29 heavy (non-hydrogen) atoms. The van der Waals surface area contributed by atoms with E-state index in [1.165, 1.54) is 0 Å². The lowest BCUT2D eigenvalue weighted by molar-refractivity contribution is 0.301. The van der Waals surface area contributed by atoms with E-state index < -0.39 is 0 Å². The number of aromatic amines is 1. The third-order valence-electron chi connectivity index (χ3n) is 4.16. The van der Waals surface area contributed by atoms with Gasteiger partial charge in [-0.1, -0.05) is 53.8 Å². The number of hydrogen-bond donors (Lipinski definition) is 2. The van der Waals surface area contributed by atoms with Crippen LogP contribution < -0.4 is 9.61 Å². The van der Waals surface area contributed by atoms with Crippen LogP contribution in [0.5, 0.6) is 11.6 Å². The van der Waals surface area contributed by atoms with Gasteiger partial charge in [-0.2, -0.15) is 0 Å². The molecule has 0 bridgehead atoms. The minimum Gasteiger partial charge on any atom is -0.494 e. The Labute approximate surface area is 170 Å². The Balaban J connectivity index is 1.32. The summed E-state index contributed by atoms with van der Waals surface area (Å²) in [6.07, 6.45) is 5.82. The minimum absolute atomic E-state index is 0.0662.